The Kier molecular flexibility index (Phi) is 8.32. The Bertz CT molecular complexity index is 1380. The Morgan fingerprint density at radius 1 is 1.00 bits per heavy atom. The monoisotopic (exact) mass is 534 g/mol. The van der Waals surface area contributed by atoms with E-state index in [2.05, 4.69) is 30.6 Å². The van der Waals surface area contributed by atoms with Gasteiger partial charge in [0.2, 0.25) is 0 Å². The molecule has 2 heterocycles. The molecule has 0 saturated heterocycles. The lowest BCUT2D eigenvalue weighted by atomic mass is 10.1. The summed E-state index contributed by atoms with van der Waals surface area (Å²) in [5, 5.41) is 9.61. The molecule has 1 atom stereocenters. The van der Waals surface area contributed by atoms with Gasteiger partial charge in [-0.05, 0) is 69.3 Å². The second kappa shape index (κ2) is 11.6. The van der Waals surface area contributed by atoms with E-state index in [0.29, 0.717) is 17.1 Å². The summed E-state index contributed by atoms with van der Waals surface area (Å²) in [6.45, 7) is 6.17. The summed E-state index contributed by atoms with van der Waals surface area (Å²) in [5.41, 5.74) is 3.75. The molecule has 2 amide bonds. The summed E-state index contributed by atoms with van der Waals surface area (Å²) < 4.78 is 16.5. The minimum absolute atomic E-state index is 0.300. The van der Waals surface area contributed by atoms with E-state index in [1.807, 2.05) is 76.3 Å². The van der Waals surface area contributed by atoms with Gasteiger partial charge in [-0.25, -0.2) is 18.7 Å². The van der Waals surface area contributed by atoms with Gasteiger partial charge in [0.1, 0.15) is 16.0 Å². The normalized spacial score (nSPS) is 12.1. The predicted molar refractivity (Wildman–Crippen MR) is 152 cm³/mol. The van der Waals surface area contributed by atoms with Crippen LogP contribution in [-0.4, -0.2) is 32.8 Å². The van der Waals surface area contributed by atoms with Crippen molar-refractivity contribution < 1.29 is 9.00 Å². The van der Waals surface area contributed by atoms with E-state index in [1.54, 1.807) is 24.5 Å². The molecule has 4 N–H and O–H groups in total. The number of carbonyl (C=O) groups is 1. The topological polar surface area (TPSA) is 108 Å². The van der Waals surface area contributed by atoms with Gasteiger partial charge in [-0.15, -0.1) is 11.3 Å². The summed E-state index contributed by atoms with van der Waals surface area (Å²) in [5.74, 6) is 0. The summed E-state index contributed by atoms with van der Waals surface area (Å²) >= 11 is 1.53. The van der Waals surface area contributed by atoms with Gasteiger partial charge in [-0.3, -0.25) is 4.98 Å². The number of hydrogen-bond acceptors (Lipinski definition) is 6. The lowest BCUT2D eigenvalue weighted by Gasteiger charge is -2.21. The molecule has 0 spiro atoms. The van der Waals surface area contributed by atoms with Crippen LogP contribution in [0.3, 0.4) is 0 Å². The van der Waals surface area contributed by atoms with Crippen LogP contribution in [0.25, 0.3) is 21.0 Å². The molecular formula is C27H30N6O2S2. The van der Waals surface area contributed by atoms with Crippen LogP contribution >= 0.6 is 11.3 Å². The van der Waals surface area contributed by atoms with Gasteiger partial charge in [0.15, 0.2) is 0 Å². The van der Waals surface area contributed by atoms with E-state index in [4.69, 9.17) is 0 Å². The third-order valence-corrected chi connectivity index (χ3v) is 7.80. The maximum absolute atomic E-state index is 13.4. The van der Waals surface area contributed by atoms with E-state index < -0.39 is 11.0 Å². The van der Waals surface area contributed by atoms with E-state index in [0.717, 1.165) is 32.4 Å². The Morgan fingerprint density at radius 3 is 2.43 bits per heavy atom. The number of urea groups is 1. The van der Waals surface area contributed by atoms with Crippen molar-refractivity contribution in [1.82, 2.24) is 20.0 Å². The number of pyridine rings is 1. The van der Waals surface area contributed by atoms with Crippen molar-refractivity contribution in [2.75, 3.05) is 17.7 Å². The molecule has 0 bridgehead atoms. The summed E-state index contributed by atoms with van der Waals surface area (Å²) in [6.07, 6.45) is 3.48. The fraction of sp³-hybridized carbons (Fsp3) is 0.222. The number of amides is 2. The molecule has 0 saturated carbocycles. The van der Waals surface area contributed by atoms with Crippen LogP contribution in [0.4, 0.5) is 16.2 Å². The first-order valence-electron chi connectivity index (χ1n) is 11.7. The Labute approximate surface area is 223 Å². The standard InChI is InChI=1S/C27H30N6O2S2/c1-27(2,3)33-37(35)24-15-20(32-26(34)31-16-21-7-5-6-14-29-21)12-13-22(24)23-17-30-25(36-23)18-8-10-19(28-4)11-9-18/h5-15,17,28,33H,16H2,1-4H3,(H2,31,32,34). The molecule has 0 radical (unpaired) electrons. The molecule has 1 unspecified atom stereocenters. The quantitative estimate of drug-likeness (QED) is 0.234. The van der Waals surface area contributed by atoms with Crippen LogP contribution in [0.1, 0.15) is 26.5 Å². The van der Waals surface area contributed by atoms with E-state index >= 15 is 0 Å². The SMILES string of the molecule is CNc1ccc(-c2ncc(-c3ccc(NC(=O)NCc4ccccn4)cc3S(=O)NC(C)(C)C)s2)cc1. The van der Waals surface area contributed by atoms with Gasteiger partial charge in [0.25, 0.3) is 0 Å². The van der Waals surface area contributed by atoms with E-state index in [9.17, 15) is 9.00 Å². The molecular weight excluding hydrogens is 504 g/mol. The second-order valence-corrected chi connectivity index (χ2v) is 11.5. The van der Waals surface area contributed by atoms with Crippen molar-refractivity contribution in [3.63, 3.8) is 0 Å². The number of nitrogens with zero attached hydrogens (tertiary/aromatic N) is 2. The van der Waals surface area contributed by atoms with Gasteiger partial charge >= 0.3 is 6.03 Å². The maximum Gasteiger partial charge on any atom is 0.319 e. The van der Waals surface area contributed by atoms with Gasteiger partial charge in [0.05, 0.1) is 22.0 Å². The van der Waals surface area contributed by atoms with Crippen molar-refractivity contribution in [1.29, 1.82) is 0 Å². The molecule has 0 aliphatic rings. The van der Waals surface area contributed by atoms with Crippen molar-refractivity contribution in [3.05, 3.63) is 78.8 Å². The first-order valence-corrected chi connectivity index (χ1v) is 13.7. The van der Waals surface area contributed by atoms with Crippen molar-refractivity contribution in [3.8, 4) is 21.0 Å². The smallest absolute Gasteiger partial charge is 0.319 e. The minimum atomic E-state index is -1.52. The average Bonchev–Trinajstić information content (AvgIpc) is 3.37. The first-order chi connectivity index (χ1) is 17.7. The summed E-state index contributed by atoms with van der Waals surface area (Å²) in [7, 11) is 0.357. The third kappa shape index (κ3) is 7.22. The number of thiazole rings is 1. The molecule has 192 valence electrons. The maximum atomic E-state index is 13.4. The molecule has 0 fully saturated rings. The highest BCUT2D eigenvalue weighted by Crippen LogP contribution is 2.36. The zero-order chi connectivity index (χ0) is 26.4. The second-order valence-electron chi connectivity index (χ2n) is 9.32. The largest absolute Gasteiger partial charge is 0.388 e. The number of carbonyl (C=O) groups excluding carboxylic acids is 1. The Balaban J connectivity index is 1.58. The number of nitrogens with one attached hydrogen (secondary N) is 4. The highest BCUT2D eigenvalue weighted by Gasteiger charge is 2.20. The van der Waals surface area contributed by atoms with E-state index in [-0.39, 0.29) is 11.6 Å². The van der Waals surface area contributed by atoms with Crippen LogP contribution in [-0.2, 0) is 17.5 Å². The van der Waals surface area contributed by atoms with Crippen LogP contribution in [0.5, 0.6) is 0 Å². The van der Waals surface area contributed by atoms with Crippen molar-refractivity contribution in [2.45, 2.75) is 37.8 Å². The minimum Gasteiger partial charge on any atom is -0.388 e. The van der Waals surface area contributed by atoms with E-state index in [1.165, 1.54) is 11.3 Å². The number of anilines is 2. The van der Waals surface area contributed by atoms with Gasteiger partial charge in [-0.1, -0.05) is 12.1 Å². The van der Waals surface area contributed by atoms with Crippen LogP contribution < -0.4 is 20.7 Å². The number of hydrogen-bond donors (Lipinski definition) is 4. The number of benzene rings is 2. The molecule has 0 aliphatic heterocycles. The molecule has 37 heavy (non-hydrogen) atoms. The average molecular weight is 535 g/mol. The highest BCUT2D eigenvalue weighted by molar-refractivity contribution is 7.83. The molecule has 4 rings (SSSR count). The predicted octanol–water partition coefficient (Wildman–Crippen LogP) is 5.65. The highest BCUT2D eigenvalue weighted by atomic mass is 32.2. The summed E-state index contributed by atoms with van der Waals surface area (Å²) in [6, 6.07) is 18.6. The Morgan fingerprint density at radius 2 is 1.76 bits per heavy atom. The summed E-state index contributed by atoms with van der Waals surface area (Å²) in [4.78, 5) is 22.8. The lowest BCUT2D eigenvalue weighted by Crippen LogP contribution is -2.37. The van der Waals surface area contributed by atoms with Crippen LogP contribution in [0.15, 0.2) is 78.0 Å². The van der Waals surface area contributed by atoms with Crippen molar-refractivity contribution in [2.24, 2.45) is 0 Å². The van der Waals surface area contributed by atoms with Crippen LogP contribution in [0, 0.1) is 0 Å². The molecule has 2 aromatic heterocycles. The molecule has 4 aromatic rings. The number of aromatic nitrogens is 2. The third-order valence-electron chi connectivity index (χ3n) is 5.19. The lowest BCUT2D eigenvalue weighted by molar-refractivity contribution is 0.251. The van der Waals surface area contributed by atoms with Gasteiger partial charge in [0, 0.05) is 47.5 Å². The molecule has 8 nitrogen and oxygen atoms in total. The fourth-order valence-corrected chi connectivity index (χ4v) is 5.75. The Hall–Kier alpha value is -3.60. The molecule has 2 aromatic carbocycles. The molecule has 0 aliphatic carbocycles. The zero-order valence-electron chi connectivity index (χ0n) is 21.2. The van der Waals surface area contributed by atoms with Gasteiger partial charge < -0.3 is 16.0 Å². The number of rotatable bonds is 8. The van der Waals surface area contributed by atoms with Crippen molar-refractivity contribution >= 4 is 39.7 Å². The zero-order valence-corrected chi connectivity index (χ0v) is 22.8. The first kappa shape index (κ1) is 26.5. The van der Waals surface area contributed by atoms with Crippen LogP contribution in [0.2, 0.25) is 0 Å². The fourth-order valence-electron chi connectivity index (χ4n) is 3.45. The van der Waals surface area contributed by atoms with Gasteiger partial charge in [-0.2, -0.15) is 0 Å². The molecule has 10 heteroatoms.